The molecule has 0 aliphatic rings. The maximum atomic E-state index is 5.72. The van der Waals surface area contributed by atoms with E-state index in [9.17, 15) is 0 Å². The predicted molar refractivity (Wildman–Crippen MR) is 79.6 cm³/mol. The minimum atomic E-state index is -1.50. The molecule has 0 rings (SSSR count). The number of rotatable bonds is 11. The molecule has 0 N–H and O–H groups in total. The SMILES string of the molecule is CCCCCCCC[Si](Br)(CCCC)OC. The van der Waals surface area contributed by atoms with Crippen LogP contribution in [0.2, 0.25) is 12.1 Å². The van der Waals surface area contributed by atoms with Crippen LogP contribution >= 0.6 is 15.3 Å². The molecule has 0 spiro atoms. The summed E-state index contributed by atoms with van der Waals surface area (Å²) in [4.78, 5) is 0. The number of unbranched alkanes of at least 4 members (excludes halogenated alkanes) is 6. The van der Waals surface area contributed by atoms with Crippen LogP contribution in [0.4, 0.5) is 0 Å². The van der Waals surface area contributed by atoms with Crippen molar-refractivity contribution in [1.82, 2.24) is 0 Å². The van der Waals surface area contributed by atoms with Gasteiger partial charge >= 0.3 is 0 Å². The van der Waals surface area contributed by atoms with E-state index >= 15 is 0 Å². The molecular formula is C13H29BrOSi. The van der Waals surface area contributed by atoms with Gasteiger partial charge in [0.1, 0.15) is 0 Å². The standard InChI is InChI=1S/C13H29BrOSi/c1-4-6-8-9-10-11-13-16(14,15-3)12-7-5-2/h4-13H2,1-3H3. The highest BCUT2D eigenvalue weighted by molar-refractivity contribution is 9.25. The first-order valence-corrected chi connectivity index (χ1v) is 11.5. The highest BCUT2D eigenvalue weighted by Gasteiger charge is 2.28. The molecule has 0 aromatic carbocycles. The Balaban J connectivity index is 3.53. The van der Waals surface area contributed by atoms with E-state index in [4.69, 9.17) is 4.43 Å². The summed E-state index contributed by atoms with van der Waals surface area (Å²) < 4.78 is 5.72. The number of hydrogen-bond donors (Lipinski definition) is 0. The number of halogens is 1. The fraction of sp³-hybridized carbons (Fsp3) is 1.00. The lowest BCUT2D eigenvalue weighted by atomic mass is 10.1. The Bertz CT molecular complexity index is 155. The molecule has 98 valence electrons. The van der Waals surface area contributed by atoms with Crippen molar-refractivity contribution in [2.24, 2.45) is 0 Å². The second-order valence-electron chi connectivity index (χ2n) is 4.71. The van der Waals surface area contributed by atoms with Gasteiger partial charge in [-0.1, -0.05) is 80.5 Å². The van der Waals surface area contributed by atoms with Crippen LogP contribution in [-0.4, -0.2) is 14.0 Å². The first kappa shape index (κ1) is 16.7. The Labute approximate surface area is 111 Å². The highest BCUT2D eigenvalue weighted by Crippen LogP contribution is 2.28. The molecule has 0 amide bonds. The third kappa shape index (κ3) is 8.77. The van der Waals surface area contributed by atoms with Crippen molar-refractivity contribution >= 4 is 22.2 Å². The quantitative estimate of drug-likeness (QED) is 0.273. The summed E-state index contributed by atoms with van der Waals surface area (Å²) in [6.45, 7) is 3.02. The molecule has 0 aromatic rings. The molecule has 0 bridgehead atoms. The van der Waals surface area contributed by atoms with Gasteiger partial charge in [0.2, 0.25) is 0 Å². The molecule has 0 aliphatic heterocycles. The van der Waals surface area contributed by atoms with E-state index in [1.54, 1.807) is 0 Å². The summed E-state index contributed by atoms with van der Waals surface area (Å²) in [6.07, 6.45) is 10.9. The zero-order chi connectivity index (χ0) is 12.3. The summed E-state index contributed by atoms with van der Waals surface area (Å²) in [5.41, 5.74) is 0. The van der Waals surface area contributed by atoms with E-state index in [1.165, 1.54) is 63.5 Å². The second kappa shape index (κ2) is 10.8. The van der Waals surface area contributed by atoms with Crippen molar-refractivity contribution in [3.8, 4) is 0 Å². The van der Waals surface area contributed by atoms with Gasteiger partial charge in [-0.05, 0) is 12.1 Å². The third-order valence-corrected chi connectivity index (χ3v) is 9.46. The zero-order valence-corrected chi connectivity index (χ0v) is 13.9. The van der Waals surface area contributed by atoms with Gasteiger partial charge in [0, 0.05) is 7.11 Å². The predicted octanol–water partition coefficient (Wildman–Crippen LogP) is 5.63. The molecule has 1 atom stereocenters. The molecule has 0 fully saturated rings. The lowest BCUT2D eigenvalue weighted by Crippen LogP contribution is -2.28. The lowest BCUT2D eigenvalue weighted by molar-refractivity contribution is 0.407. The van der Waals surface area contributed by atoms with E-state index in [2.05, 4.69) is 29.1 Å². The van der Waals surface area contributed by atoms with Gasteiger partial charge in [-0.15, -0.1) is 0 Å². The van der Waals surface area contributed by atoms with E-state index < -0.39 is 6.94 Å². The van der Waals surface area contributed by atoms with Crippen molar-refractivity contribution in [2.45, 2.75) is 77.3 Å². The van der Waals surface area contributed by atoms with E-state index in [0.29, 0.717) is 0 Å². The molecule has 3 heteroatoms. The van der Waals surface area contributed by atoms with Crippen LogP contribution in [0, 0.1) is 0 Å². The van der Waals surface area contributed by atoms with Crippen LogP contribution < -0.4 is 0 Å². The minimum absolute atomic E-state index is 1.27. The minimum Gasteiger partial charge on any atom is -0.410 e. The average Bonchev–Trinajstić information content (AvgIpc) is 2.31. The monoisotopic (exact) mass is 308 g/mol. The normalized spacial score (nSPS) is 15.0. The van der Waals surface area contributed by atoms with Gasteiger partial charge in [0.15, 0.2) is 0 Å². The fourth-order valence-corrected chi connectivity index (χ4v) is 5.94. The summed E-state index contributed by atoms with van der Waals surface area (Å²) in [5.74, 6) is 0. The molecular weight excluding hydrogens is 280 g/mol. The van der Waals surface area contributed by atoms with Crippen molar-refractivity contribution in [2.75, 3.05) is 7.11 Å². The Morgan fingerprint density at radius 2 is 1.31 bits per heavy atom. The topological polar surface area (TPSA) is 9.23 Å². The van der Waals surface area contributed by atoms with Crippen molar-refractivity contribution in [3.05, 3.63) is 0 Å². The van der Waals surface area contributed by atoms with Crippen LogP contribution in [0.25, 0.3) is 0 Å². The largest absolute Gasteiger partial charge is 0.410 e. The Kier molecular flexibility index (Phi) is 11.2. The van der Waals surface area contributed by atoms with Gasteiger partial charge in [0.05, 0.1) is 0 Å². The third-order valence-electron chi connectivity index (χ3n) is 3.17. The highest BCUT2D eigenvalue weighted by atomic mass is 79.9. The maximum absolute atomic E-state index is 5.72. The average molecular weight is 309 g/mol. The molecule has 0 saturated heterocycles. The lowest BCUT2D eigenvalue weighted by Gasteiger charge is -2.22. The van der Waals surface area contributed by atoms with Crippen LogP contribution in [0.5, 0.6) is 0 Å². The fourth-order valence-electron chi connectivity index (χ4n) is 1.94. The van der Waals surface area contributed by atoms with Crippen LogP contribution in [0.3, 0.4) is 0 Å². The zero-order valence-electron chi connectivity index (χ0n) is 11.4. The summed E-state index contributed by atoms with van der Waals surface area (Å²) >= 11 is 3.88. The van der Waals surface area contributed by atoms with Crippen LogP contribution in [0.1, 0.15) is 65.2 Å². The molecule has 0 radical (unpaired) electrons. The van der Waals surface area contributed by atoms with Gasteiger partial charge < -0.3 is 4.43 Å². The van der Waals surface area contributed by atoms with Crippen molar-refractivity contribution in [3.63, 3.8) is 0 Å². The molecule has 1 unspecified atom stereocenters. The Morgan fingerprint density at radius 1 is 0.812 bits per heavy atom. The first-order chi connectivity index (χ1) is 7.68. The van der Waals surface area contributed by atoms with E-state index in [1.807, 2.05) is 7.11 Å². The first-order valence-electron chi connectivity index (χ1n) is 6.92. The molecule has 0 heterocycles. The van der Waals surface area contributed by atoms with Crippen molar-refractivity contribution in [1.29, 1.82) is 0 Å². The molecule has 0 aliphatic carbocycles. The summed E-state index contributed by atoms with van der Waals surface area (Å²) in [6, 6.07) is 2.56. The Hall–Kier alpha value is 0.657. The maximum Gasteiger partial charge on any atom is 0.263 e. The van der Waals surface area contributed by atoms with Crippen LogP contribution in [-0.2, 0) is 4.43 Å². The van der Waals surface area contributed by atoms with Gasteiger partial charge in [0.25, 0.3) is 6.94 Å². The molecule has 16 heavy (non-hydrogen) atoms. The van der Waals surface area contributed by atoms with E-state index in [0.717, 1.165) is 0 Å². The van der Waals surface area contributed by atoms with Gasteiger partial charge in [-0.2, -0.15) is 0 Å². The second-order valence-corrected chi connectivity index (χ2v) is 12.2. The van der Waals surface area contributed by atoms with E-state index in [-0.39, 0.29) is 0 Å². The smallest absolute Gasteiger partial charge is 0.263 e. The van der Waals surface area contributed by atoms with Crippen molar-refractivity contribution < 1.29 is 4.43 Å². The molecule has 1 nitrogen and oxygen atoms in total. The molecule has 0 saturated carbocycles. The van der Waals surface area contributed by atoms with Crippen LogP contribution in [0.15, 0.2) is 0 Å². The summed E-state index contributed by atoms with van der Waals surface area (Å²) in [7, 11) is 1.88. The summed E-state index contributed by atoms with van der Waals surface area (Å²) in [5, 5.41) is 0. The number of hydrogen-bond acceptors (Lipinski definition) is 1. The Morgan fingerprint density at radius 3 is 1.88 bits per heavy atom. The van der Waals surface area contributed by atoms with Gasteiger partial charge in [-0.25, -0.2) is 0 Å². The van der Waals surface area contributed by atoms with Gasteiger partial charge in [-0.3, -0.25) is 0 Å². The molecule has 0 aromatic heterocycles.